The molecule has 0 aromatic heterocycles. The van der Waals surface area contributed by atoms with Gasteiger partial charge in [0.15, 0.2) is 17.3 Å². The van der Waals surface area contributed by atoms with Crippen LogP contribution in [0.15, 0.2) is 6.07 Å². The number of aliphatic hydroxyl groups excluding tert-OH is 1. The lowest BCUT2D eigenvalue weighted by atomic mass is 10.0. The molecule has 4 nitrogen and oxygen atoms in total. The molecule has 0 spiro atoms. The van der Waals surface area contributed by atoms with Crippen molar-refractivity contribution in [1.29, 1.82) is 0 Å². The molecule has 0 amide bonds. The predicted octanol–water partition coefficient (Wildman–Crippen LogP) is 1.14. The third-order valence-electron chi connectivity index (χ3n) is 2.38. The van der Waals surface area contributed by atoms with Crippen LogP contribution in [0.25, 0.3) is 0 Å². The average Bonchev–Trinajstić information content (AvgIpc) is 2.29. The normalized spacial score (nSPS) is 12.4. The van der Waals surface area contributed by atoms with Gasteiger partial charge in [-0.2, -0.15) is 0 Å². The Morgan fingerprint density at radius 3 is 2.38 bits per heavy atom. The standard InChI is InChI=1S/C11H16FNO3/c1-6-4-7(8(14)5-13)9(12)11(16-3)10(6)15-2/h4,8,14H,5,13H2,1-3H3. The summed E-state index contributed by atoms with van der Waals surface area (Å²) in [6, 6.07) is 1.51. The van der Waals surface area contributed by atoms with E-state index in [2.05, 4.69) is 0 Å². The Labute approximate surface area is 93.8 Å². The highest BCUT2D eigenvalue weighted by Crippen LogP contribution is 2.37. The van der Waals surface area contributed by atoms with Crippen molar-refractivity contribution in [2.24, 2.45) is 5.73 Å². The fraction of sp³-hybridized carbons (Fsp3) is 0.455. The fourth-order valence-electron chi connectivity index (χ4n) is 1.58. The van der Waals surface area contributed by atoms with Gasteiger partial charge in [0.25, 0.3) is 0 Å². The fourth-order valence-corrected chi connectivity index (χ4v) is 1.58. The van der Waals surface area contributed by atoms with Crippen molar-refractivity contribution < 1.29 is 19.0 Å². The zero-order chi connectivity index (χ0) is 12.3. The third kappa shape index (κ3) is 2.10. The number of rotatable bonds is 4. The smallest absolute Gasteiger partial charge is 0.197 e. The van der Waals surface area contributed by atoms with Gasteiger partial charge in [0.2, 0.25) is 0 Å². The molecule has 1 unspecified atom stereocenters. The van der Waals surface area contributed by atoms with Crippen LogP contribution in [0.4, 0.5) is 4.39 Å². The summed E-state index contributed by atoms with van der Waals surface area (Å²) in [4.78, 5) is 0. The summed E-state index contributed by atoms with van der Waals surface area (Å²) in [5, 5.41) is 9.56. The van der Waals surface area contributed by atoms with Gasteiger partial charge in [0, 0.05) is 12.1 Å². The van der Waals surface area contributed by atoms with Crippen LogP contribution in [0.2, 0.25) is 0 Å². The number of benzene rings is 1. The van der Waals surface area contributed by atoms with Gasteiger partial charge < -0.3 is 20.3 Å². The quantitative estimate of drug-likeness (QED) is 0.812. The SMILES string of the molecule is COc1c(C)cc(C(O)CN)c(F)c1OC. The summed E-state index contributed by atoms with van der Waals surface area (Å²) in [5.74, 6) is -0.319. The number of aryl methyl sites for hydroxylation is 1. The molecule has 0 saturated heterocycles. The summed E-state index contributed by atoms with van der Waals surface area (Å²) in [6.45, 7) is 1.69. The summed E-state index contributed by atoms with van der Waals surface area (Å²) in [6.07, 6.45) is -1.04. The third-order valence-corrected chi connectivity index (χ3v) is 2.38. The topological polar surface area (TPSA) is 64.7 Å². The summed E-state index contributed by atoms with van der Waals surface area (Å²) >= 11 is 0. The number of methoxy groups -OCH3 is 2. The van der Waals surface area contributed by atoms with Crippen LogP contribution in [0.5, 0.6) is 11.5 Å². The van der Waals surface area contributed by atoms with Gasteiger partial charge in [0.05, 0.1) is 20.3 Å². The Bertz CT molecular complexity index is 382. The molecule has 0 bridgehead atoms. The highest BCUT2D eigenvalue weighted by atomic mass is 19.1. The largest absolute Gasteiger partial charge is 0.492 e. The molecule has 0 heterocycles. The average molecular weight is 229 g/mol. The molecule has 3 N–H and O–H groups in total. The summed E-state index contributed by atoms with van der Waals surface area (Å²) < 4.78 is 23.9. The summed E-state index contributed by atoms with van der Waals surface area (Å²) in [7, 11) is 2.78. The highest BCUT2D eigenvalue weighted by molar-refractivity contribution is 5.50. The maximum Gasteiger partial charge on any atom is 0.197 e. The highest BCUT2D eigenvalue weighted by Gasteiger charge is 2.21. The molecule has 16 heavy (non-hydrogen) atoms. The molecule has 1 aromatic rings. The lowest BCUT2D eigenvalue weighted by molar-refractivity contribution is 0.180. The van der Waals surface area contributed by atoms with Gasteiger partial charge >= 0.3 is 0 Å². The molecule has 0 saturated carbocycles. The minimum absolute atomic E-state index is 0.00926. The van der Waals surface area contributed by atoms with Crippen molar-refractivity contribution in [3.8, 4) is 11.5 Å². The molecule has 1 rings (SSSR count). The number of nitrogens with two attached hydrogens (primary N) is 1. The van der Waals surface area contributed by atoms with E-state index < -0.39 is 11.9 Å². The molecule has 0 fully saturated rings. The first kappa shape index (κ1) is 12.7. The molecule has 5 heteroatoms. The van der Waals surface area contributed by atoms with Crippen LogP contribution in [0.3, 0.4) is 0 Å². The summed E-state index contributed by atoms with van der Waals surface area (Å²) in [5.41, 5.74) is 6.10. The van der Waals surface area contributed by atoms with Crippen LogP contribution in [-0.4, -0.2) is 25.9 Å². The Morgan fingerprint density at radius 2 is 1.94 bits per heavy atom. The van der Waals surface area contributed by atoms with Gasteiger partial charge in [-0.1, -0.05) is 0 Å². The first-order valence-corrected chi connectivity index (χ1v) is 4.85. The molecule has 0 aliphatic rings. The predicted molar refractivity (Wildman–Crippen MR) is 58.3 cm³/mol. The van der Waals surface area contributed by atoms with Crippen molar-refractivity contribution in [3.63, 3.8) is 0 Å². The lowest BCUT2D eigenvalue weighted by Gasteiger charge is -2.16. The Hall–Kier alpha value is -1.33. The molecule has 0 radical (unpaired) electrons. The Morgan fingerprint density at radius 1 is 1.38 bits per heavy atom. The minimum atomic E-state index is -1.04. The van der Waals surface area contributed by atoms with E-state index in [4.69, 9.17) is 15.2 Å². The molecule has 1 aromatic carbocycles. The maximum absolute atomic E-state index is 13.9. The van der Waals surface area contributed by atoms with Crippen LogP contribution in [-0.2, 0) is 0 Å². The number of aliphatic hydroxyl groups is 1. The second kappa shape index (κ2) is 5.14. The van der Waals surface area contributed by atoms with Gasteiger partial charge in [-0.25, -0.2) is 4.39 Å². The van der Waals surface area contributed by atoms with E-state index in [-0.39, 0.29) is 17.9 Å². The second-order valence-corrected chi connectivity index (χ2v) is 3.41. The van der Waals surface area contributed by atoms with E-state index in [0.29, 0.717) is 11.3 Å². The van der Waals surface area contributed by atoms with Gasteiger partial charge in [-0.15, -0.1) is 0 Å². The number of ether oxygens (including phenoxy) is 2. The monoisotopic (exact) mass is 229 g/mol. The van der Waals surface area contributed by atoms with Crippen molar-refractivity contribution in [3.05, 3.63) is 23.0 Å². The first-order chi connectivity index (χ1) is 7.56. The molecule has 0 aliphatic carbocycles. The number of hydrogen-bond acceptors (Lipinski definition) is 4. The van der Waals surface area contributed by atoms with E-state index in [0.717, 1.165) is 0 Å². The number of halogens is 1. The van der Waals surface area contributed by atoms with E-state index in [1.165, 1.54) is 20.3 Å². The van der Waals surface area contributed by atoms with Crippen molar-refractivity contribution in [2.45, 2.75) is 13.0 Å². The number of hydrogen-bond donors (Lipinski definition) is 2. The molecular formula is C11H16FNO3. The van der Waals surface area contributed by atoms with Gasteiger partial charge in [0.1, 0.15) is 0 Å². The van der Waals surface area contributed by atoms with Gasteiger partial charge in [-0.05, 0) is 18.6 Å². The van der Waals surface area contributed by atoms with Crippen molar-refractivity contribution in [2.75, 3.05) is 20.8 Å². The van der Waals surface area contributed by atoms with Gasteiger partial charge in [-0.3, -0.25) is 0 Å². The molecular weight excluding hydrogens is 213 g/mol. The molecule has 90 valence electrons. The van der Waals surface area contributed by atoms with Crippen LogP contribution < -0.4 is 15.2 Å². The van der Waals surface area contributed by atoms with E-state index in [1.54, 1.807) is 6.92 Å². The molecule has 1 atom stereocenters. The molecule has 0 aliphatic heterocycles. The van der Waals surface area contributed by atoms with E-state index in [1.807, 2.05) is 0 Å². The van der Waals surface area contributed by atoms with Crippen LogP contribution in [0.1, 0.15) is 17.2 Å². The van der Waals surface area contributed by atoms with E-state index in [9.17, 15) is 9.50 Å². The van der Waals surface area contributed by atoms with Crippen molar-refractivity contribution in [1.82, 2.24) is 0 Å². The Kier molecular flexibility index (Phi) is 4.09. The zero-order valence-electron chi connectivity index (χ0n) is 9.58. The minimum Gasteiger partial charge on any atom is -0.492 e. The second-order valence-electron chi connectivity index (χ2n) is 3.41. The zero-order valence-corrected chi connectivity index (χ0v) is 9.58. The van der Waals surface area contributed by atoms with Crippen LogP contribution >= 0.6 is 0 Å². The first-order valence-electron chi connectivity index (χ1n) is 4.85. The lowest BCUT2D eigenvalue weighted by Crippen LogP contribution is -2.14. The van der Waals surface area contributed by atoms with Crippen LogP contribution in [0, 0.1) is 12.7 Å². The Balaban J connectivity index is 3.39. The van der Waals surface area contributed by atoms with Crippen molar-refractivity contribution >= 4 is 0 Å². The van der Waals surface area contributed by atoms with E-state index >= 15 is 0 Å². The maximum atomic E-state index is 13.9.